The van der Waals surface area contributed by atoms with Crippen LogP contribution in [0.4, 0.5) is 0 Å². The predicted molar refractivity (Wildman–Crippen MR) is 172 cm³/mol. The SMILES string of the molecule is CCCC/C=C/CC/C=C/CC/C=C/C(O)C(COP(=O)(O)OCCN)NC(=O)CC(O)CCCCCCCCCC. The Morgan fingerprint density at radius 2 is 1.36 bits per heavy atom. The van der Waals surface area contributed by atoms with Crippen molar-refractivity contribution in [2.24, 2.45) is 5.73 Å². The van der Waals surface area contributed by atoms with E-state index in [0.717, 1.165) is 44.9 Å². The molecule has 9 nitrogen and oxygen atoms in total. The number of allylic oxidation sites excluding steroid dienone is 5. The van der Waals surface area contributed by atoms with E-state index in [4.69, 9.17) is 14.8 Å². The number of amides is 1. The van der Waals surface area contributed by atoms with E-state index in [2.05, 4.69) is 43.5 Å². The molecule has 0 rings (SSSR count). The molecule has 1 amide bonds. The Hall–Kier alpha value is -1.32. The number of carbonyl (C=O) groups excluding carboxylic acids is 1. The number of aliphatic hydroxyl groups excluding tert-OH is 2. The van der Waals surface area contributed by atoms with Gasteiger partial charge in [0.05, 0.1) is 37.9 Å². The lowest BCUT2D eigenvalue weighted by Crippen LogP contribution is -2.46. The molecule has 0 fully saturated rings. The van der Waals surface area contributed by atoms with E-state index in [1.807, 2.05) is 0 Å². The van der Waals surface area contributed by atoms with Crippen LogP contribution in [0.2, 0.25) is 0 Å². The number of phosphoric acid groups is 1. The number of hydrogen-bond donors (Lipinski definition) is 5. The predicted octanol–water partition coefficient (Wildman–Crippen LogP) is 6.63. The van der Waals surface area contributed by atoms with E-state index < -0.39 is 38.6 Å². The minimum absolute atomic E-state index is 0.0420. The van der Waals surface area contributed by atoms with E-state index in [1.165, 1.54) is 44.9 Å². The van der Waals surface area contributed by atoms with Crippen LogP contribution in [0.1, 0.15) is 123 Å². The van der Waals surface area contributed by atoms with Gasteiger partial charge in [0.1, 0.15) is 0 Å². The van der Waals surface area contributed by atoms with Gasteiger partial charge in [-0.05, 0) is 38.5 Å². The van der Waals surface area contributed by atoms with Crippen LogP contribution < -0.4 is 11.1 Å². The first-order valence-electron chi connectivity index (χ1n) is 16.2. The minimum Gasteiger partial charge on any atom is -0.393 e. The molecule has 0 aliphatic heterocycles. The van der Waals surface area contributed by atoms with Crippen LogP contribution in [-0.4, -0.2) is 59.0 Å². The van der Waals surface area contributed by atoms with Gasteiger partial charge in [0, 0.05) is 6.54 Å². The summed E-state index contributed by atoms with van der Waals surface area (Å²) in [5.74, 6) is -0.467. The maximum Gasteiger partial charge on any atom is 0.472 e. The molecule has 0 spiro atoms. The van der Waals surface area contributed by atoms with Crippen molar-refractivity contribution in [3.05, 3.63) is 36.5 Å². The maximum atomic E-state index is 12.6. The first-order valence-corrected chi connectivity index (χ1v) is 17.7. The Kier molecular flexibility index (Phi) is 27.6. The van der Waals surface area contributed by atoms with E-state index in [9.17, 15) is 24.5 Å². The topological polar surface area (TPSA) is 151 Å². The van der Waals surface area contributed by atoms with Crippen LogP contribution in [0, 0.1) is 0 Å². The highest BCUT2D eigenvalue weighted by molar-refractivity contribution is 7.47. The molecular weight excluding hydrogens is 555 g/mol. The average Bonchev–Trinajstić information content (AvgIpc) is 2.96. The molecule has 0 radical (unpaired) electrons. The van der Waals surface area contributed by atoms with Crippen LogP contribution in [0.25, 0.3) is 0 Å². The van der Waals surface area contributed by atoms with Gasteiger partial charge in [-0.1, -0.05) is 115 Å². The summed E-state index contributed by atoms with van der Waals surface area (Å²) in [7, 11) is -4.39. The number of phosphoric ester groups is 1. The largest absolute Gasteiger partial charge is 0.472 e. The van der Waals surface area contributed by atoms with Gasteiger partial charge in [-0.25, -0.2) is 4.57 Å². The molecule has 42 heavy (non-hydrogen) atoms. The molecule has 0 saturated heterocycles. The summed E-state index contributed by atoms with van der Waals surface area (Å²) < 4.78 is 21.8. The van der Waals surface area contributed by atoms with Gasteiger partial charge in [-0.2, -0.15) is 0 Å². The summed E-state index contributed by atoms with van der Waals surface area (Å²) in [6, 6.07) is -0.999. The molecule has 0 heterocycles. The first kappa shape index (κ1) is 40.7. The zero-order valence-electron chi connectivity index (χ0n) is 26.3. The summed E-state index contributed by atoms with van der Waals surface area (Å²) >= 11 is 0. The zero-order chi connectivity index (χ0) is 31.3. The standard InChI is InChI=1S/C32H61N2O7P/c1-3-5-7-9-11-13-14-15-16-18-20-22-24-31(36)30(28-41-42(38,39)40-26-25-33)34-32(37)27-29(35)23-21-19-17-12-10-8-6-4-2/h9,11,15-16,22,24,29-31,35-36H,3-8,10,12-14,17-21,23,25-28,33H2,1-2H3,(H,34,37)(H,38,39)/b11-9+,16-15+,24-22+. The van der Waals surface area contributed by atoms with Crippen LogP contribution in [-0.2, 0) is 18.4 Å². The lowest BCUT2D eigenvalue weighted by Gasteiger charge is -2.24. The second-order valence-electron chi connectivity index (χ2n) is 10.8. The zero-order valence-corrected chi connectivity index (χ0v) is 27.2. The lowest BCUT2D eigenvalue weighted by atomic mass is 10.0. The van der Waals surface area contributed by atoms with Gasteiger partial charge in [0.2, 0.25) is 5.91 Å². The summed E-state index contributed by atoms with van der Waals surface area (Å²) in [6.07, 6.45) is 26.7. The van der Waals surface area contributed by atoms with Crippen molar-refractivity contribution in [3.63, 3.8) is 0 Å². The van der Waals surface area contributed by atoms with Crippen molar-refractivity contribution in [2.75, 3.05) is 19.8 Å². The molecule has 4 unspecified atom stereocenters. The van der Waals surface area contributed by atoms with Crippen LogP contribution in [0.15, 0.2) is 36.5 Å². The van der Waals surface area contributed by atoms with Crippen molar-refractivity contribution in [3.8, 4) is 0 Å². The lowest BCUT2D eigenvalue weighted by molar-refractivity contribution is -0.124. The van der Waals surface area contributed by atoms with Crippen molar-refractivity contribution >= 4 is 13.7 Å². The summed E-state index contributed by atoms with van der Waals surface area (Å²) in [4.78, 5) is 22.5. The third kappa shape index (κ3) is 26.3. The summed E-state index contributed by atoms with van der Waals surface area (Å²) in [5, 5.41) is 23.7. The maximum absolute atomic E-state index is 12.6. The van der Waals surface area contributed by atoms with Crippen LogP contribution >= 0.6 is 7.82 Å². The highest BCUT2D eigenvalue weighted by atomic mass is 31.2. The molecule has 0 aromatic carbocycles. The Balaban J connectivity index is 4.67. The Morgan fingerprint density at radius 1 is 0.810 bits per heavy atom. The molecule has 246 valence electrons. The van der Waals surface area contributed by atoms with Gasteiger partial charge < -0.3 is 26.2 Å². The molecule has 0 saturated carbocycles. The van der Waals surface area contributed by atoms with Gasteiger partial charge in [-0.15, -0.1) is 0 Å². The van der Waals surface area contributed by atoms with Gasteiger partial charge in [0.15, 0.2) is 0 Å². The summed E-state index contributed by atoms with van der Waals surface area (Å²) in [6.45, 7) is 3.81. The fraction of sp³-hybridized carbons (Fsp3) is 0.781. The second-order valence-corrected chi connectivity index (χ2v) is 12.3. The minimum atomic E-state index is -4.39. The van der Waals surface area contributed by atoms with Crippen molar-refractivity contribution in [1.82, 2.24) is 5.32 Å². The second kappa shape index (κ2) is 28.5. The molecule has 0 aromatic heterocycles. The van der Waals surface area contributed by atoms with Crippen molar-refractivity contribution in [2.45, 2.75) is 141 Å². The molecule has 0 bridgehead atoms. The fourth-order valence-corrected chi connectivity index (χ4v) is 5.01. The monoisotopic (exact) mass is 616 g/mol. The van der Waals surface area contributed by atoms with Crippen LogP contribution in [0.5, 0.6) is 0 Å². The van der Waals surface area contributed by atoms with Crippen molar-refractivity contribution in [1.29, 1.82) is 0 Å². The molecule has 0 aliphatic carbocycles. The number of aliphatic hydroxyl groups is 2. The number of nitrogens with one attached hydrogen (secondary N) is 1. The summed E-state index contributed by atoms with van der Waals surface area (Å²) in [5.41, 5.74) is 5.31. The highest BCUT2D eigenvalue weighted by Gasteiger charge is 2.27. The smallest absolute Gasteiger partial charge is 0.393 e. The van der Waals surface area contributed by atoms with Gasteiger partial charge in [0.25, 0.3) is 0 Å². The first-order chi connectivity index (χ1) is 20.3. The Morgan fingerprint density at radius 3 is 1.95 bits per heavy atom. The normalized spacial score (nSPS) is 15.9. The average molecular weight is 617 g/mol. The number of carbonyl (C=O) groups is 1. The van der Waals surface area contributed by atoms with Crippen LogP contribution in [0.3, 0.4) is 0 Å². The van der Waals surface area contributed by atoms with Crippen molar-refractivity contribution < 1.29 is 33.5 Å². The number of rotatable bonds is 29. The van der Waals surface area contributed by atoms with Gasteiger partial charge >= 0.3 is 7.82 Å². The number of unbranched alkanes of at least 4 members (excludes halogenated alkanes) is 11. The molecule has 0 aliphatic rings. The molecule has 0 aromatic rings. The van der Waals surface area contributed by atoms with E-state index in [-0.39, 0.29) is 19.6 Å². The molecule has 6 N–H and O–H groups in total. The van der Waals surface area contributed by atoms with Gasteiger partial charge in [-0.3, -0.25) is 13.8 Å². The number of hydrogen-bond acceptors (Lipinski definition) is 7. The molecule has 4 atom stereocenters. The molecule has 10 heteroatoms. The van der Waals surface area contributed by atoms with E-state index in [1.54, 1.807) is 12.2 Å². The Bertz CT molecular complexity index is 776. The number of nitrogens with two attached hydrogens (primary N) is 1. The van der Waals surface area contributed by atoms with E-state index in [0.29, 0.717) is 12.8 Å². The Labute approximate surface area is 255 Å². The third-order valence-corrected chi connectivity index (χ3v) is 7.74. The third-order valence-electron chi connectivity index (χ3n) is 6.75. The fourth-order valence-electron chi connectivity index (χ4n) is 4.25. The van der Waals surface area contributed by atoms with E-state index >= 15 is 0 Å². The highest BCUT2D eigenvalue weighted by Crippen LogP contribution is 2.43. The molecular formula is C32H61N2O7P. The quantitative estimate of drug-likeness (QED) is 0.0357.